The van der Waals surface area contributed by atoms with Crippen LogP contribution in [0.5, 0.6) is 0 Å². The number of aryl methyl sites for hydroxylation is 1. The number of carbonyl (C=O) groups is 1. The molecule has 0 saturated carbocycles. The molecule has 0 aromatic carbocycles. The Morgan fingerprint density at radius 1 is 1.50 bits per heavy atom. The molecule has 18 heavy (non-hydrogen) atoms. The van der Waals surface area contributed by atoms with Gasteiger partial charge in [-0.3, -0.25) is 4.79 Å². The van der Waals surface area contributed by atoms with Crippen molar-refractivity contribution in [3.63, 3.8) is 0 Å². The summed E-state index contributed by atoms with van der Waals surface area (Å²) in [6, 6.07) is 0. The van der Waals surface area contributed by atoms with Crippen molar-refractivity contribution in [3.05, 3.63) is 11.6 Å². The summed E-state index contributed by atoms with van der Waals surface area (Å²) in [6.45, 7) is 4.87. The molecule has 0 unspecified atom stereocenters. The van der Waals surface area contributed by atoms with Gasteiger partial charge in [0.05, 0.1) is 13.1 Å². The van der Waals surface area contributed by atoms with E-state index in [0.29, 0.717) is 13.1 Å². The van der Waals surface area contributed by atoms with Crippen LogP contribution in [0.25, 0.3) is 0 Å². The van der Waals surface area contributed by atoms with Crippen LogP contribution < -0.4 is 5.32 Å². The number of carbonyl (C=O) groups excluding carboxylic acids is 1. The number of amides is 1. The van der Waals surface area contributed by atoms with E-state index in [1.807, 2.05) is 7.05 Å². The quantitative estimate of drug-likeness (QED) is 0.733. The third-order valence-corrected chi connectivity index (χ3v) is 3.19. The molecule has 0 spiro atoms. The van der Waals surface area contributed by atoms with E-state index in [1.165, 1.54) is 0 Å². The minimum absolute atomic E-state index is 0.0961. The van der Waals surface area contributed by atoms with Gasteiger partial charge in [0.1, 0.15) is 5.82 Å². The Labute approximate surface area is 107 Å². The maximum atomic E-state index is 11.9. The second kappa shape index (κ2) is 5.95. The number of fused-ring (bicyclic) bond motifs is 1. The minimum Gasteiger partial charge on any atom is -0.337 e. The lowest BCUT2D eigenvalue weighted by Gasteiger charge is -2.17. The zero-order valence-corrected chi connectivity index (χ0v) is 11.1. The van der Waals surface area contributed by atoms with Crippen LogP contribution in [0, 0.1) is 0 Å². The molecular formula is C12H21N5O. The summed E-state index contributed by atoms with van der Waals surface area (Å²) in [5, 5.41) is 11.4. The zero-order valence-electron chi connectivity index (χ0n) is 11.1. The highest BCUT2D eigenvalue weighted by atomic mass is 16.2. The van der Waals surface area contributed by atoms with Crippen LogP contribution in [0.2, 0.25) is 0 Å². The first-order valence-corrected chi connectivity index (χ1v) is 6.58. The fourth-order valence-corrected chi connectivity index (χ4v) is 2.14. The molecule has 0 aliphatic carbocycles. The normalized spacial score (nSPS) is 13.7. The third-order valence-electron chi connectivity index (χ3n) is 3.19. The third kappa shape index (κ3) is 2.87. The maximum absolute atomic E-state index is 11.9. The van der Waals surface area contributed by atoms with Gasteiger partial charge in [-0.2, -0.15) is 0 Å². The van der Waals surface area contributed by atoms with Crippen molar-refractivity contribution in [2.75, 3.05) is 20.1 Å². The summed E-state index contributed by atoms with van der Waals surface area (Å²) in [5.74, 6) is 2.04. The van der Waals surface area contributed by atoms with Crippen molar-refractivity contribution in [1.82, 2.24) is 25.0 Å². The number of nitrogens with one attached hydrogen (secondary N) is 1. The van der Waals surface area contributed by atoms with Gasteiger partial charge in [-0.05, 0) is 19.4 Å². The number of hydrogen-bond donors (Lipinski definition) is 1. The van der Waals surface area contributed by atoms with E-state index in [4.69, 9.17) is 0 Å². The minimum atomic E-state index is 0.0961. The van der Waals surface area contributed by atoms with E-state index < -0.39 is 0 Å². The summed E-state index contributed by atoms with van der Waals surface area (Å²) in [4.78, 5) is 13.6. The first-order chi connectivity index (χ1) is 8.72. The summed E-state index contributed by atoms with van der Waals surface area (Å²) >= 11 is 0. The Balaban J connectivity index is 1.86. The van der Waals surface area contributed by atoms with E-state index >= 15 is 0 Å². The van der Waals surface area contributed by atoms with Gasteiger partial charge >= 0.3 is 0 Å². The van der Waals surface area contributed by atoms with Gasteiger partial charge < -0.3 is 14.8 Å². The molecule has 0 atom stereocenters. The number of hydrogen-bond acceptors (Lipinski definition) is 4. The van der Waals surface area contributed by atoms with Crippen molar-refractivity contribution in [2.24, 2.45) is 0 Å². The summed E-state index contributed by atoms with van der Waals surface area (Å²) in [6.07, 6.45) is 3.17. The monoisotopic (exact) mass is 251 g/mol. The number of aromatic nitrogens is 3. The molecule has 100 valence electrons. The summed E-state index contributed by atoms with van der Waals surface area (Å²) in [5.41, 5.74) is 0. The molecule has 6 heteroatoms. The molecule has 1 N–H and O–H groups in total. The molecule has 0 fully saturated rings. The molecule has 1 aromatic rings. The fourth-order valence-electron chi connectivity index (χ4n) is 2.14. The Morgan fingerprint density at radius 3 is 3.11 bits per heavy atom. The smallest absolute Gasteiger partial charge is 0.236 e. The van der Waals surface area contributed by atoms with E-state index in [9.17, 15) is 4.79 Å². The average Bonchev–Trinajstić information content (AvgIpc) is 2.94. The van der Waals surface area contributed by atoms with Crippen molar-refractivity contribution < 1.29 is 4.79 Å². The molecule has 1 aliphatic heterocycles. The molecular weight excluding hydrogens is 230 g/mol. The molecule has 2 rings (SSSR count). The largest absolute Gasteiger partial charge is 0.337 e. The SMILES string of the molecule is CCCNCC(=O)N(C)Cc1nnc2n1CCC2. The number of likely N-dealkylation sites (N-methyl/N-ethyl adjacent to an activating group) is 1. The van der Waals surface area contributed by atoms with Crippen LogP contribution >= 0.6 is 0 Å². The number of nitrogens with zero attached hydrogens (tertiary/aromatic N) is 4. The van der Waals surface area contributed by atoms with Crippen LogP contribution in [0.4, 0.5) is 0 Å². The first kappa shape index (κ1) is 13.0. The standard InChI is InChI=1S/C12H21N5O/c1-3-6-13-8-12(18)16(2)9-11-15-14-10-5-4-7-17(10)11/h13H,3-9H2,1-2H3. The molecule has 0 saturated heterocycles. The highest BCUT2D eigenvalue weighted by Crippen LogP contribution is 2.14. The molecule has 1 aliphatic rings. The van der Waals surface area contributed by atoms with Crippen molar-refractivity contribution >= 4 is 5.91 Å². The summed E-state index contributed by atoms with van der Waals surface area (Å²) < 4.78 is 2.13. The predicted octanol–water partition coefficient (Wildman–Crippen LogP) is 0.182. The lowest BCUT2D eigenvalue weighted by Crippen LogP contribution is -2.36. The van der Waals surface area contributed by atoms with Gasteiger partial charge in [-0.15, -0.1) is 10.2 Å². The molecule has 2 heterocycles. The highest BCUT2D eigenvalue weighted by Gasteiger charge is 2.19. The highest BCUT2D eigenvalue weighted by molar-refractivity contribution is 5.77. The molecule has 1 aromatic heterocycles. The Morgan fingerprint density at radius 2 is 2.33 bits per heavy atom. The predicted molar refractivity (Wildman–Crippen MR) is 68.0 cm³/mol. The van der Waals surface area contributed by atoms with Gasteiger partial charge in [-0.25, -0.2) is 0 Å². The van der Waals surface area contributed by atoms with Crippen molar-refractivity contribution in [3.8, 4) is 0 Å². The topological polar surface area (TPSA) is 63.1 Å². The Hall–Kier alpha value is -1.43. The van der Waals surface area contributed by atoms with Gasteiger partial charge in [-0.1, -0.05) is 6.92 Å². The average molecular weight is 251 g/mol. The van der Waals surface area contributed by atoms with Crippen LogP contribution in [0.15, 0.2) is 0 Å². The van der Waals surface area contributed by atoms with Crippen molar-refractivity contribution in [1.29, 1.82) is 0 Å². The van der Waals surface area contributed by atoms with Crippen LogP contribution in [0.1, 0.15) is 31.4 Å². The zero-order chi connectivity index (χ0) is 13.0. The number of rotatable bonds is 6. The maximum Gasteiger partial charge on any atom is 0.236 e. The summed E-state index contributed by atoms with van der Waals surface area (Å²) in [7, 11) is 1.81. The van der Waals surface area contributed by atoms with E-state index in [-0.39, 0.29) is 5.91 Å². The van der Waals surface area contributed by atoms with Gasteiger partial charge in [0.2, 0.25) is 5.91 Å². The lowest BCUT2D eigenvalue weighted by atomic mass is 10.4. The molecule has 0 bridgehead atoms. The lowest BCUT2D eigenvalue weighted by molar-refractivity contribution is -0.129. The fraction of sp³-hybridized carbons (Fsp3) is 0.750. The van der Waals surface area contributed by atoms with E-state index in [1.54, 1.807) is 4.90 Å². The van der Waals surface area contributed by atoms with E-state index in [2.05, 4.69) is 27.0 Å². The van der Waals surface area contributed by atoms with Gasteiger partial charge in [0.15, 0.2) is 5.82 Å². The molecule has 6 nitrogen and oxygen atoms in total. The van der Waals surface area contributed by atoms with Gasteiger partial charge in [0.25, 0.3) is 0 Å². The molecule has 1 amide bonds. The first-order valence-electron chi connectivity index (χ1n) is 6.58. The van der Waals surface area contributed by atoms with Gasteiger partial charge in [0, 0.05) is 20.0 Å². The van der Waals surface area contributed by atoms with E-state index in [0.717, 1.165) is 44.0 Å². The second-order valence-electron chi connectivity index (χ2n) is 4.71. The van der Waals surface area contributed by atoms with Crippen LogP contribution in [-0.2, 0) is 24.3 Å². The Kier molecular flexibility index (Phi) is 4.30. The Bertz CT molecular complexity index is 415. The van der Waals surface area contributed by atoms with Crippen molar-refractivity contribution in [2.45, 2.75) is 39.3 Å². The molecule has 0 radical (unpaired) electrons. The second-order valence-corrected chi connectivity index (χ2v) is 4.71. The van der Waals surface area contributed by atoms with Crippen LogP contribution in [-0.4, -0.2) is 45.7 Å². The van der Waals surface area contributed by atoms with Crippen LogP contribution in [0.3, 0.4) is 0 Å².